The number of aliphatic carboxylic acids is 1. The molecule has 1 amide bonds. The average molecular weight is 311 g/mol. The third-order valence-electron chi connectivity index (χ3n) is 3.38. The molecular formula is C15H18FNO5. The van der Waals surface area contributed by atoms with E-state index in [1.165, 1.54) is 23.1 Å². The molecule has 1 heterocycles. The fourth-order valence-corrected chi connectivity index (χ4v) is 2.34. The number of benzene rings is 1. The summed E-state index contributed by atoms with van der Waals surface area (Å²) in [4.78, 5) is 24.8. The van der Waals surface area contributed by atoms with E-state index in [2.05, 4.69) is 0 Å². The summed E-state index contributed by atoms with van der Waals surface area (Å²) < 4.78 is 23.8. The second-order valence-corrected chi connectivity index (χ2v) is 5.08. The third-order valence-corrected chi connectivity index (χ3v) is 3.38. The summed E-state index contributed by atoms with van der Waals surface area (Å²) in [5.41, 5.74) is 0. The Bertz CT molecular complexity index is 550. The predicted molar refractivity (Wildman–Crippen MR) is 75.1 cm³/mol. The molecule has 1 aliphatic heterocycles. The number of morpholine rings is 1. The second-order valence-electron chi connectivity index (χ2n) is 5.08. The summed E-state index contributed by atoms with van der Waals surface area (Å²) in [6, 6.07) is 5.00. The van der Waals surface area contributed by atoms with Crippen LogP contribution in [-0.4, -0.2) is 53.8 Å². The van der Waals surface area contributed by atoms with Gasteiger partial charge < -0.3 is 19.5 Å². The topological polar surface area (TPSA) is 76.1 Å². The molecule has 0 saturated carbocycles. The van der Waals surface area contributed by atoms with Gasteiger partial charge in [-0.1, -0.05) is 6.07 Å². The molecule has 2 rings (SSSR count). The van der Waals surface area contributed by atoms with Gasteiger partial charge in [-0.05, 0) is 19.1 Å². The van der Waals surface area contributed by atoms with Gasteiger partial charge >= 0.3 is 5.97 Å². The van der Waals surface area contributed by atoms with Crippen molar-refractivity contribution in [3.05, 3.63) is 30.1 Å². The number of carbonyl (C=O) groups is 2. The van der Waals surface area contributed by atoms with Gasteiger partial charge in [0.15, 0.2) is 6.10 Å². The Kier molecular flexibility index (Phi) is 5.32. The van der Waals surface area contributed by atoms with Crippen molar-refractivity contribution in [3.8, 4) is 5.75 Å². The quantitative estimate of drug-likeness (QED) is 0.887. The summed E-state index contributed by atoms with van der Waals surface area (Å²) >= 11 is 0. The van der Waals surface area contributed by atoms with Crippen molar-refractivity contribution in [2.24, 2.45) is 0 Å². The maximum atomic E-state index is 13.1. The van der Waals surface area contributed by atoms with Crippen LogP contribution >= 0.6 is 0 Å². The molecule has 1 fully saturated rings. The minimum Gasteiger partial charge on any atom is -0.481 e. The molecule has 0 aliphatic carbocycles. The van der Waals surface area contributed by atoms with E-state index in [0.717, 1.165) is 0 Å². The van der Waals surface area contributed by atoms with Gasteiger partial charge in [-0.2, -0.15) is 0 Å². The molecule has 2 atom stereocenters. The normalized spacial score (nSPS) is 19.5. The van der Waals surface area contributed by atoms with E-state index in [0.29, 0.717) is 13.2 Å². The number of rotatable bonds is 5. The lowest BCUT2D eigenvalue weighted by Gasteiger charge is -2.36. The van der Waals surface area contributed by atoms with Gasteiger partial charge in [-0.25, -0.2) is 4.39 Å². The second kappa shape index (κ2) is 7.22. The Balaban J connectivity index is 2.02. The van der Waals surface area contributed by atoms with E-state index in [1.54, 1.807) is 13.0 Å². The van der Waals surface area contributed by atoms with E-state index in [1.807, 2.05) is 0 Å². The van der Waals surface area contributed by atoms with E-state index in [4.69, 9.17) is 14.6 Å². The number of amides is 1. The first kappa shape index (κ1) is 16.2. The van der Waals surface area contributed by atoms with Gasteiger partial charge in [-0.3, -0.25) is 9.59 Å². The van der Waals surface area contributed by atoms with Crippen LogP contribution in [0.25, 0.3) is 0 Å². The molecule has 1 aromatic carbocycles. The molecule has 7 heteroatoms. The van der Waals surface area contributed by atoms with Crippen molar-refractivity contribution in [3.63, 3.8) is 0 Å². The maximum absolute atomic E-state index is 13.1. The lowest BCUT2D eigenvalue weighted by atomic mass is 10.1. The summed E-state index contributed by atoms with van der Waals surface area (Å²) in [5.74, 6) is -1.53. The molecule has 0 aromatic heterocycles. The van der Waals surface area contributed by atoms with Crippen LogP contribution in [0.4, 0.5) is 4.39 Å². The van der Waals surface area contributed by atoms with Gasteiger partial charge in [0.2, 0.25) is 0 Å². The van der Waals surface area contributed by atoms with Gasteiger partial charge in [0.05, 0.1) is 25.7 Å². The molecule has 1 N–H and O–H groups in total. The summed E-state index contributed by atoms with van der Waals surface area (Å²) in [7, 11) is 0. The van der Waals surface area contributed by atoms with E-state index < -0.39 is 23.9 Å². The Hall–Kier alpha value is -2.15. The molecule has 6 nitrogen and oxygen atoms in total. The van der Waals surface area contributed by atoms with Crippen LogP contribution in [0, 0.1) is 5.82 Å². The predicted octanol–water partition coefficient (Wildman–Crippen LogP) is 1.30. The lowest BCUT2D eigenvalue weighted by Crippen LogP contribution is -2.53. The molecule has 120 valence electrons. The number of carbonyl (C=O) groups excluding carboxylic acids is 1. The van der Waals surface area contributed by atoms with Crippen molar-refractivity contribution >= 4 is 11.9 Å². The van der Waals surface area contributed by atoms with E-state index in [9.17, 15) is 14.0 Å². The van der Waals surface area contributed by atoms with Crippen LogP contribution < -0.4 is 4.74 Å². The highest BCUT2D eigenvalue weighted by Crippen LogP contribution is 2.17. The van der Waals surface area contributed by atoms with Crippen molar-refractivity contribution < 1.29 is 28.6 Å². The number of carboxylic acid groups (broad SMARTS) is 1. The van der Waals surface area contributed by atoms with Crippen LogP contribution in [0.1, 0.15) is 13.3 Å². The number of hydrogen-bond acceptors (Lipinski definition) is 4. The van der Waals surface area contributed by atoms with Crippen molar-refractivity contribution in [1.29, 1.82) is 0 Å². The summed E-state index contributed by atoms with van der Waals surface area (Å²) in [6.45, 7) is 2.41. The molecular weight excluding hydrogens is 293 g/mol. The number of hydrogen-bond donors (Lipinski definition) is 1. The Labute approximate surface area is 127 Å². The van der Waals surface area contributed by atoms with Crippen LogP contribution in [0.15, 0.2) is 24.3 Å². The van der Waals surface area contributed by atoms with Crippen molar-refractivity contribution in [2.45, 2.75) is 25.5 Å². The monoisotopic (exact) mass is 311 g/mol. The molecule has 1 saturated heterocycles. The van der Waals surface area contributed by atoms with Gasteiger partial charge in [0, 0.05) is 12.6 Å². The Morgan fingerprint density at radius 2 is 2.32 bits per heavy atom. The van der Waals surface area contributed by atoms with E-state index in [-0.39, 0.29) is 24.7 Å². The molecule has 0 bridgehead atoms. The first-order valence-electron chi connectivity index (χ1n) is 6.99. The first-order valence-corrected chi connectivity index (χ1v) is 6.99. The molecule has 0 spiro atoms. The number of carboxylic acids is 1. The smallest absolute Gasteiger partial charge is 0.305 e. The maximum Gasteiger partial charge on any atom is 0.305 e. The highest BCUT2D eigenvalue weighted by Gasteiger charge is 2.32. The van der Waals surface area contributed by atoms with Crippen LogP contribution in [0.3, 0.4) is 0 Å². The molecule has 1 aliphatic rings. The summed E-state index contributed by atoms with van der Waals surface area (Å²) in [6.07, 6.45) is -1.02. The SMILES string of the molecule is CC(Oc1cccc(F)c1)C(=O)N1CCOCC1CC(=O)O. The molecule has 2 unspecified atom stereocenters. The number of nitrogens with zero attached hydrogens (tertiary/aromatic N) is 1. The summed E-state index contributed by atoms with van der Waals surface area (Å²) in [5, 5.41) is 8.90. The van der Waals surface area contributed by atoms with Gasteiger partial charge in [0.25, 0.3) is 5.91 Å². The van der Waals surface area contributed by atoms with Crippen LogP contribution in [0.2, 0.25) is 0 Å². The molecule has 22 heavy (non-hydrogen) atoms. The van der Waals surface area contributed by atoms with Crippen LogP contribution in [-0.2, 0) is 14.3 Å². The zero-order valence-electron chi connectivity index (χ0n) is 12.2. The van der Waals surface area contributed by atoms with Crippen molar-refractivity contribution in [2.75, 3.05) is 19.8 Å². The zero-order chi connectivity index (χ0) is 16.1. The number of ether oxygens (including phenoxy) is 2. The van der Waals surface area contributed by atoms with Gasteiger partial charge in [-0.15, -0.1) is 0 Å². The fraction of sp³-hybridized carbons (Fsp3) is 0.467. The highest BCUT2D eigenvalue weighted by molar-refractivity contribution is 5.82. The largest absolute Gasteiger partial charge is 0.481 e. The van der Waals surface area contributed by atoms with Crippen LogP contribution in [0.5, 0.6) is 5.75 Å². The number of halogens is 1. The molecule has 0 radical (unpaired) electrons. The fourth-order valence-electron chi connectivity index (χ4n) is 2.34. The molecule has 1 aromatic rings. The zero-order valence-corrected chi connectivity index (χ0v) is 12.2. The third kappa shape index (κ3) is 4.17. The minimum atomic E-state index is -0.994. The Morgan fingerprint density at radius 3 is 3.00 bits per heavy atom. The first-order chi connectivity index (χ1) is 10.5. The van der Waals surface area contributed by atoms with E-state index >= 15 is 0 Å². The minimum absolute atomic E-state index is 0.182. The lowest BCUT2D eigenvalue weighted by molar-refractivity contribution is -0.150. The van der Waals surface area contributed by atoms with Gasteiger partial charge in [0.1, 0.15) is 11.6 Å². The standard InChI is InChI=1S/C15H18FNO5/c1-10(22-13-4-2-3-11(16)7-13)15(20)17-5-6-21-9-12(17)8-14(18)19/h2-4,7,10,12H,5-6,8-9H2,1H3,(H,18,19). The average Bonchev–Trinajstić information content (AvgIpc) is 2.46. The van der Waals surface area contributed by atoms with Crippen molar-refractivity contribution in [1.82, 2.24) is 4.90 Å². The Morgan fingerprint density at radius 1 is 1.55 bits per heavy atom. The highest BCUT2D eigenvalue weighted by atomic mass is 19.1.